The maximum absolute atomic E-state index is 15.5. The average Bonchev–Trinajstić information content (AvgIpc) is 2.80. The van der Waals surface area contributed by atoms with E-state index in [1.165, 1.54) is 13.0 Å². The van der Waals surface area contributed by atoms with Gasteiger partial charge < -0.3 is 4.18 Å². The van der Waals surface area contributed by atoms with Gasteiger partial charge in [0.05, 0.1) is 19.3 Å². The minimum absolute atomic E-state index is 0.0458. The van der Waals surface area contributed by atoms with Crippen LogP contribution in [0.3, 0.4) is 0 Å². The number of alkyl halides is 7. The quantitative estimate of drug-likeness (QED) is 0.202. The van der Waals surface area contributed by atoms with Crippen molar-refractivity contribution < 1.29 is 52.1 Å². The first kappa shape index (κ1) is 31.2. The molecular formula is C26H25F9N2O3S. The lowest BCUT2D eigenvalue weighted by molar-refractivity contribution is -0.155. The number of benzene rings is 2. The van der Waals surface area contributed by atoms with Gasteiger partial charge in [-0.15, -0.1) is 0 Å². The molecule has 41 heavy (non-hydrogen) atoms. The van der Waals surface area contributed by atoms with Crippen LogP contribution in [0, 0.1) is 11.6 Å². The summed E-state index contributed by atoms with van der Waals surface area (Å²) in [5, 5.41) is 0. The Bertz CT molecular complexity index is 1390. The third-order valence-corrected chi connectivity index (χ3v) is 7.86. The Morgan fingerprint density at radius 2 is 1.66 bits per heavy atom. The molecule has 0 aliphatic carbocycles. The lowest BCUT2D eigenvalue weighted by atomic mass is 9.84. The van der Waals surface area contributed by atoms with Crippen LogP contribution in [0.25, 0.3) is 6.08 Å². The molecule has 0 radical (unpaired) electrons. The number of hydrogen-bond donors (Lipinski definition) is 0. The van der Waals surface area contributed by atoms with Gasteiger partial charge >= 0.3 is 21.8 Å². The van der Waals surface area contributed by atoms with Crippen molar-refractivity contribution in [3.05, 3.63) is 69.8 Å². The minimum Gasteiger partial charge on any atom is -0.376 e. The van der Waals surface area contributed by atoms with Crippen LogP contribution in [0.1, 0.15) is 41.6 Å². The van der Waals surface area contributed by atoms with Gasteiger partial charge in [-0.25, -0.2) is 8.78 Å². The Kier molecular flexibility index (Phi) is 8.72. The third-order valence-electron chi connectivity index (χ3n) is 6.88. The van der Waals surface area contributed by atoms with Crippen molar-refractivity contribution in [1.82, 2.24) is 9.80 Å². The Morgan fingerprint density at radius 3 is 2.22 bits per heavy atom. The monoisotopic (exact) mass is 616 g/mol. The lowest BCUT2D eigenvalue weighted by Gasteiger charge is -2.42. The molecular weight excluding hydrogens is 591 g/mol. The van der Waals surface area contributed by atoms with Gasteiger partial charge in [-0.1, -0.05) is 12.1 Å². The van der Waals surface area contributed by atoms with Gasteiger partial charge in [-0.2, -0.15) is 34.8 Å². The maximum Gasteiger partial charge on any atom is 0.534 e. The number of halogens is 9. The van der Waals surface area contributed by atoms with Crippen molar-refractivity contribution in [3.63, 3.8) is 0 Å². The fourth-order valence-electron chi connectivity index (χ4n) is 5.14. The summed E-state index contributed by atoms with van der Waals surface area (Å²) in [5.41, 5.74) is -5.43. The van der Waals surface area contributed by atoms with Crippen LogP contribution in [0.15, 0.2) is 35.9 Å². The van der Waals surface area contributed by atoms with Crippen LogP contribution >= 0.6 is 0 Å². The van der Waals surface area contributed by atoms with E-state index in [2.05, 4.69) is 4.18 Å². The largest absolute Gasteiger partial charge is 0.534 e. The van der Waals surface area contributed by atoms with Crippen LogP contribution in [0.4, 0.5) is 39.5 Å². The molecule has 2 aliphatic heterocycles. The van der Waals surface area contributed by atoms with E-state index in [9.17, 15) is 39.2 Å². The highest BCUT2D eigenvalue weighted by Crippen LogP contribution is 2.43. The molecule has 0 aromatic heterocycles. The molecule has 0 N–H and O–H groups in total. The predicted octanol–water partition coefficient (Wildman–Crippen LogP) is 6.15. The van der Waals surface area contributed by atoms with E-state index in [0.29, 0.717) is 26.1 Å². The molecule has 0 unspecified atom stereocenters. The zero-order chi connectivity index (χ0) is 30.3. The number of hydrogen-bond acceptors (Lipinski definition) is 5. The van der Waals surface area contributed by atoms with Crippen molar-refractivity contribution in [2.24, 2.45) is 0 Å². The first-order valence-electron chi connectivity index (χ1n) is 12.4. The highest BCUT2D eigenvalue weighted by atomic mass is 32.2. The Labute approximate surface area is 230 Å². The van der Waals surface area contributed by atoms with Crippen LogP contribution < -0.4 is 4.18 Å². The van der Waals surface area contributed by atoms with Crippen LogP contribution in [0.2, 0.25) is 0 Å². The summed E-state index contributed by atoms with van der Waals surface area (Å²) in [7, 11) is -6.03. The van der Waals surface area contributed by atoms with E-state index < -0.39 is 70.1 Å². The number of rotatable bonds is 8. The van der Waals surface area contributed by atoms with Crippen LogP contribution in [0.5, 0.6) is 5.75 Å². The van der Waals surface area contributed by atoms with Crippen molar-refractivity contribution in [2.75, 3.05) is 32.9 Å². The second-order valence-corrected chi connectivity index (χ2v) is 11.6. The summed E-state index contributed by atoms with van der Waals surface area (Å²) in [5.74, 6) is -3.02. The molecule has 226 valence electrons. The molecule has 2 heterocycles. The molecule has 2 atom stereocenters. The van der Waals surface area contributed by atoms with Crippen molar-refractivity contribution >= 4 is 16.2 Å². The first-order chi connectivity index (χ1) is 19.0. The lowest BCUT2D eigenvalue weighted by Crippen LogP contribution is -2.47. The average molecular weight is 617 g/mol. The topological polar surface area (TPSA) is 49.9 Å². The standard InChI is InChI=1S/C26H25F9N2O3S/c1-15-7-18-11-19(40-41(38,39)26(33,34)35)3-4-20(18)24(37(15)14-25(30,31)32)23-21(28)9-16(10-22(23)29)8-17-12-36(13-17)6-2-5-27/h3-4,8-11,15,24H,2,5-7,12-14H2,1H3/t15-,24+/m1/s1. The molecule has 0 spiro atoms. The zero-order valence-electron chi connectivity index (χ0n) is 21.5. The molecule has 1 fully saturated rings. The summed E-state index contributed by atoms with van der Waals surface area (Å²) < 4.78 is 149. The molecule has 5 nitrogen and oxygen atoms in total. The molecule has 4 rings (SSSR count). The predicted molar refractivity (Wildman–Crippen MR) is 131 cm³/mol. The molecule has 15 heteroatoms. The SMILES string of the molecule is C[C@@H]1Cc2cc(OS(=O)(=O)C(F)(F)F)ccc2[C@@H](c2c(F)cc(C=C3CN(CCCF)C3)cc2F)N1CC(F)(F)F. The Hall–Kier alpha value is -2.78. The van der Waals surface area contributed by atoms with Gasteiger partial charge in [0, 0.05) is 31.2 Å². The molecule has 0 saturated carbocycles. The molecule has 2 aromatic carbocycles. The fourth-order valence-corrected chi connectivity index (χ4v) is 5.59. The fraction of sp³-hybridized carbons (Fsp3) is 0.462. The van der Waals surface area contributed by atoms with Crippen LogP contribution in [-0.2, 0) is 16.5 Å². The molecule has 1 saturated heterocycles. The highest BCUT2D eigenvalue weighted by molar-refractivity contribution is 7.88. The van der Waals surface area contributed by atoms with E-state index >= 15 is 8.78 Å². The van der Waals surface area contributed by atoms with Gasteiger partial charge in [0.15, 0.2) is 0 Å². The molecule has 2 aliphatic rings. The Balaban J connectivity index is 1.72. The van der Waals surface area contributed by atoms with E-state index in [4.69, 9.17) is 0 Å². The van der Waals surface area contributed by atoms with Crippen molar-refractivity contribution in [1.29, 1.82) is 0 Å². The third kappa shape index (κ3) is 7.00. The first-order valence-corrected chi connectivity index (χ1v) is 13.8. The number of likely N-dealkylation sites (tertiary alicyclic amines) is 1. The van der Waals surface area contributed by atoms with Gasteiger partial charge in [-0.05, 0) is 66.3 Å². The van der Waals surface area contributed by atoms with E-state index in [1.54, 1.807) is 0 Å². The van der Waals surface area contributed by atoms with Crippen molar-refractivity contribution in [2.45, 2.75) is 43.5 Å². The second-order valence-electron chi connectivity index (χ2n) is 10.0. The summed E-state index contributed by atoms with van der Waals surface area (Å²) in [6, 6.07) is 2.02. The normalized spacial score (nSPS) is 20.5. The number of fused-ring (bicyclic) bond motifs is 1. The summed E-state index contributed by atoms with van der Waals surface area (Å²) in [4.78, 5) is 2.77. The Morgan fingerprint density at radius 1 is 1.02 bits per heavy atom. The van der Waals surface area contributed by atoms with Gasteiger partial charge in [0.25, 0.3) is 0 Å². The van der Waals surface area contributed by atoms with Crippen LogP contribution in [-0.4, -0.2) is 68.8 Å². The summed E-state index contributed by atoms with van der Waals surface area (Å²) in [6.07, 6.45) is -3.06. The summed E-state index contributed by atoms with van der Waals surface area (Å²) in [6.45, 7) is 0.819. The van der Waals surface area contributed by atoms with Gasteiger partial charge in [0.1, 0.15) is 17.4 Å². The smallest absolute Gasteiger partial charge is 0.376 e. The number of nitrogens with zero attached hydrogens (tertiary/aromatic N) is 2. The van der Waals surface area contributed by atoms with E-state index in [1.807, 2.05) is 4.90 Å². The summed E-state index contributed by atoms with van der Waals surface area (Å²) >= 11 is 0. The molecule has 0 amide bonds. The molecule has 0 bridgehead atoms. The highest BCUT2D eigenvalue weighted by Gasteiger charge is 2.49. The maximum atomic E-state index is 15.5. The van der Waals surface area contributed by atoms with E-state index in [0.717, 1.165) is 40.8 Å². The second kappa shape index (κ2) is 11.5. The van der Waals surface area contributed by atoms with E-state index in [-0.39, 0.29) is 23.1 Å². The van der Waals surface area contributed by atoms with Gasteiger partial charge in [0.2, 0.25) is 0 Å². The zero-order valence-corrected chi connectivity index (χ0v) is 22.3. The van der Waals surface area contributed by atoms with Crippen molar-refractivity contribution in [3.8, 4) is 5.75 Å². The molecule has 2 aromatic rings. The minimum atomic E-state index is -6.03. The van der Waals surface area contributed by atoms with Gasteiger partial charge in [-0.3, -0.25) is 14.2 Å².